The molecule has 4 nitrogen and oxygen atoms in total. The van der Waals surface area contributed by atoms with Gasteiger partial charge in [0.05, 0.1) is 11.4 Å². The maximum Gasteiger partial charge on any atom is 0.228 e. The largest absolute Gasteiger partial charge is 0.456 e. The van der Waals surface area contributed by atoms with Crippen LogP contribution in [0.4, 0.5) is 17.1 Å². The lowest BCUT2D eigenvalue weighted by molar-refractivity contribution is 0.620. The van der Waals surface area contributed by atoms with Crippen LogP contribution >= 0.6 is 0 Å². The Kier molecular flexibility index (Phi) is 6.52. The third kappa shape index (κ3) is 4.66. The van der Waals surface area contributed by atoms with Gasteiger partial charge in [-0.05, 0) is 69.6 Å². The Bertz CT molecular complexity index is 3200. The van der Waals surface area contributed by atoms with Crippen LogP contribution < -0.4 is 4.90 Å². The molecule has 0 aliphatic carbocycles. The third-order valence-electron chi connectivity index (χ3n) is 10.5. The summed E-state index contributed by atoms with van der Waals surface area (Å²) in [5.41, 5.74) is 9.60. The van der Waals surface area contributed by atoms with Crippen LogP contribution in [0.1, 0.15) is 0 Å². The van der Waals surface area contributed by atoms with E-state index in [0.717, 1.165) is 77.4 Å². The molecule has 2 heterocycles. The number of para-hydroxylation sites is 1. The van der Waals surface area contributed by atoms with Crippen LogP contribution in [0.2, 0.25) is 0 Å². The van der Waals surface area contributed by atoms with Crippen molar-refractivity contribution in [1.29, 1.82) is 0 Å². The molecular formula is C49H30N2O2. The van der Waals surface area contributed by atoms with Gasteiger partial charge in [-0.3, -0.25) is 0 Å². The van der Waals surface area contributed by atoms with Gasteiger partial charge in [0, 0.05) is 44.4 Å². The number of anilines is 3. The number of hydrogen-bond donors (Lipinski definition) is 0. The lowest BCUT2D eigenvalue weighted by atomic mass is 9.95. The number of aromatic nitrogens is 1. The summed E-state index contributed by atoms with van der Waals surface area (Å²) >= 11 is 0. The molecule has 0 bridgehead atoms. The molecule has 2 aromatic heterocycles. The van der Waals surface area contributed by atoms with Crippen molar-refractivity contribution in [1.82, 2.24) is 4.98 Å². The smallest absolute Gasteiger partial charge is 0.228 e. The number of benzene rings is 9. The van der Waals surface area contributed by atoms with Crippen molar-refractivity contribution in [3.63, 3.8) is 0 Å². The van der Waals surface area contributed by atoms with E-state index in [1.54, 1.807) is 0 Å². The average molecular weight is 679 g/mol. The lowest BCUT2D eigenvalue weighted by Gasteiger charge is -2.29. The normalized spacial score (nSPS) is 11.8. The van der Waals surface area contributed by atoms with Gasteiger partial charge in [0.2, 0.25) is 5.89 Å². The Labute approximate surface area is 304 Å². The zero-order valence-corrected chi connectivity index (χ0v) is 28.5. The van der Waals surface area contributed by atoms with Gasteiger partial charge in [0.1, 0.15) is 16.7 Å². The molecular weight excluding hydrogens is 649 g/mol. The average Bonchev–Trinajstić information content (AvgIpc) is 3.83. The molecule has 0 atom stereocenters. The predicted molar refractivity (Wildman–Crippen MR) is 219 cm³/mol. The molecule has 0 amide bonds. The summed E-state index contributed by atoms with van der Waals surface area (Å²) < 4.78 is 13.1. The zero-order valence-electron chi connectivity index (χ0n) is 28.5. The third-order valence-corrected chi connectivity index (χ3v) is 10.5. The van der Waals surface area contributed by atoms with E-state index < -0.39 is 0 Å². The topological polar surface area (TPSA) is 42.4 Å². The molecule has 0 unspecified atom stereocenters. The van der Waals surface area contributed by atoms with E-state index in [1.807, 2.05) is 30.3 Å². The highest BCUT2D eigenvalue weighted by Gasteiger charge is 2.23. The maximum atomic E-state index is 6.69. The molecule has 11 aromatic rings. The Morgan fingerprint density at radius 2 is 1.00 bits per heavy atom. The van der Waals surface area contributed by atoms with Crippen molar-refractivity contribution < 1.29 is 8.83 Å². The van der Waals surface area contributed by atoms with Gasteiger partial charge in [-0.1, -0.05) is 133 Å². The van der Waals surface area contributed by atoms with Crippen LogP contribution in [0.15, 0.2) is 191 Å². The minimum absolute atomic E-state index is 0.579. The highest BCUT2D eigenvalue weighted by atomic mass is 16.3. The number of furan rings is 1. The highest BCUT2D eigenvalue weighted by Crippen LogP contribution is 2.46. The van der Waals surface area contributed by atoms with E-state index in [9.17, 15) is 0 Å². The maximum absolute atomic E-state index is 6.69. The van der Waals surface area contributed by atoms with Gasteiger partial charge >= 0.3 is 0 Å². The minimum Gasteiger partial charge on any atom is -0.456 e. The minimum atomic E-state index is 0.579. The van der Waals surface area contributed by atoms with Crippen LogP contribution in [0.5, 0.6) is 0 Å². The van der Waals surface area contributed by atoms with Crippen LogP contribution in [0.3, 0.4) is 0 Å². The predicted octanol–water partition coefficient (Wildman–Crippen LogP) is 14.0. The fourth-order valence-electron chi connectivity index (χ4n) is 8.08. The van der Waals surface area contributed by atoms with E-state index in [1.165, 1.54) is 21.7 Å². The van der Waals surface area contributed by atoms with E-state index >= 15 is 0 Å². The van der Waals surface area contributed by atoms with Crippen molar-refractivity contribution in [2.45, 2.75) is 0 Å². The standard InChI is InChI=1S/C49H30N2O2/c1-4-17-35-31(12-1)15-9-21-38(35)39-20-7-8-23-43(39)51(42-24-10-16-32-13-2-5-18-36(32)42)34-27-28-40-46(30-34)52-44-25-11-22-41(47(40)44)49-50-48-37-19-6-3-14-33(37)26-29-45(48)53-49/h1-30H. The summed E-state index contributed by atoms with van der Waals surface area (Å²) in [5, 5.41) is 8.97. The first-order valence-corrected chi connectivity index (χ1v) is 17.9. The molecule has 0 N–H and O–H groups in total. The molecule has 0 aliphatic rings. The van der Waals surface area contributed by atoms with Crippen molar-refractivity contribution in [3.8, 4) is 22.6 Å². The highest BCUT2D eigenvalue weighted by molar-refractivity contribution is 6.14. The molecule has 0 saturated carbocycles. The Hall–Kier alpha value is -7.17. The van der Waals surface area contributed by atoms with Gasteiger partial charge in [-0.25, -0.2) is 4.98 Å². The van der Waals surface area contributed by atoms with E-state index in [-0.39, 0.29) is 0 Å². The number of rotatable bonds is 5. The van der Waals surface area contributed by atoms with Crippen molar-refractivity contribution in [3.05, 3.63) is 182 Å². The first-order valence-electron chi connectivity index (χ1n) is 17.9. The molecule has 9 aromatic carbocycles. The van der Waals surface area contributed by atoms with Crippen LogP contribution in [-0.4, -0.2) is 4.98 Å². The summed E-state index contributed by atoms with van der Waals surface area (Å²) in [5.74, 6) is 0.579. The molecule has 0 spiro atoms. The van der Waals surface area contributed by atoms with Crippen LogP contribution in [0, 0.1) is 0 Å². The van der Waals surface area contributed by atoms with Crippen LogP contribution in [0.25, 0.3) is 87.9 Å². The van der Waals surface area contributed by atoms with Crippen LogP contribution in [-0.2, 0) is 0 Å². The van der Waals surface area contributed by atoms with Gasteiger partial charge < -0.3 is 13.7 Å². The fourth-order valence-corrected chi connectivity index (χ4v) is 8.08. The summed E-state index contributed by atoms with van der Waals surface area (Å²) in [7, 11) is 0. The molecule has 53 heavy (non-hydrogen) atoms. The molecule has 0 radical (unpaired) electrons. The Morgan fingerprint density at radius 3 is 1.87 bits per heavy atom. The first kappa shape index (κ1) is 29.5. The van der Waals surface area contributed by atoms with Crippen molar-refractivity contribution >= 4 is 82.4 Å². The number of hydrogen-bond acceptors (Lipinski definition) is 4. The van der Waals surface area contributed by atoms with E-state index in [2.05, 4.69) is 157 Å². The molecule has 248 valence electrons. The summed E-state index contributed by atoms with van der Waals surface area (Å²) in [6.07, 6.45) is 0. The van der Waals surface area contributed by atoms with E-state index in [4.69, 9.17) is 13.8 Å². The second-order valence-electron chi connectivity index (χ2n) is 13.5. The van der Waals surface area contributed by atoms with E-state index in [0.29, 0.717) is 5.89 Å². The van der Waals surface area contributed by atoms with Crippen molar-refractivity contribution in [2.75, 3.05) is 4.90 Å². The van der Waals surface area contributed by atoms with Gasteiger partial charge in [-0.15, -0.1) is 0 Å². The quantitative estimate of drug-likeness (QED) is 0.182. The Balaban J connectivity index is 1.13. The zero-order chi connectivity index (χ0) is 34.9. The molecule has 0 fully saturated rings. The summed E-state index contributed by atoms with van der Waals surface area (Å²) in [6, 6.07) is 64.0. The fraction of sp³-hybridized carbons (Fsp3) is 0. The second-order valence-corrected chi connectivity index (χ2v) is 13.5. The molecule has 0 saturated heterocycles. The second kappa shape index (κ2) is 11.7. The number of fused-ring (bicyclic) bond motifs is 8. The lowest BCUT2D eigenvalue weighted by Crippen LogP contribution is -2.11. The molecule has 11 rings (SSSR count). The Morgan fingerprint density at radius 1 is 0.377 bits per heavy atom. The van der Waals surface area contributed by atoms with Gasteiger partial charge in [0.15, 0.2) is 5.58 Å². The number of nitrogens with zero attached hydrogens (tertiary/aromatic N) is 2. The number of oxazole rings is 1. The van der Waals surface area contributed by atoms with Crippen molar-refractivity contribution in [2.24, 2.45) is 0 Å². The molecule has 4 heteroatoms. The van der Waals surface area contributed by atoms with Gasteiger partial charge in [0.25, 0.3) is 0 Å². The summed E-state index contributed by atoms with van der Waals surface area (Å²) in [6.45, 7) is 0. The molecule has 0 aliphatic heterocycles. The van der Waals surface area contributed by atoms with Gasteiger partial charge in [-0.2, -0.15) is 0 Å². The SMILES string of the molecule is c1ccc(N(c2ccc3c(c2)oc2cccc(-c4nc5c(ccc6ccccc65)o4)c23)c2cccc3ccccc23)c(-c2cccc3ccccc23)c1. The first-order chi connectivity index (χ1) is 26.3. The monoisotopic (exact) mass is 678 g/mol. The summed E-state index contributed by atoms with van der Waals surface area (Å²) in [4.78, 5) is 7.42.